The van der Waals surface area contributed by atoms with Gasteiger partial charge in [0.15, 0.2) is 0 Å². The van der Waals surface area contributed by atoms with Gasteiger partial charge in [-0.2, -0.15) is 0 Å². The lowest BCUT2D eigenvalue weighted by Gasteiger charge is -2.14. The summed E-state index contributed by atoms with van der Waals surface area (Å²) in [5.41, 5.74) is 1.14. The highest BCUT2D eigenvalue weighted by Gasteiger charge is 2.10. The number of hydrogen-bond acceptors (Lipinski definition) is 1. The third-order valence-corrected chi connectivity index (χ3v) is 2.21. The summed E-state index contributed by atoms with van der Waals surface area (Å²) in [5, 5.41) is 0. The number of hydrogen-bond donors (Lipinski definition) is 0. The average molecular weight is 160 g/mol. The van der Waals surface area contributed by atoms with E-state index >= 15 is 0 Å². The van der Waals surface area contributed by atoms with Crippen LogP contribution < -0.4 is 0 Å². The Morgan fingerprint density at radius 1 is 1.40 bits per heavy atom. The van der Waals surface area contributed by atoms with Crippen molar-refractivity contribution in [2.24, 2.45) is 0 Å². The van der Waals surface area contributed by atoms with Gasteiger partial charge in [-0.3, -0.25) is 4.90 Å². The predicted molar refractivity (Wildman–Crippen MR) is 45.5 cm³/mol. The molecule has 0 aliphatic carbocycles. The van der Waals surface area contributed by atoms with Crippen molar-refractivity contribution in [3.63, 3.8) is 0 Å². The maximum absolute atomic E-state index is 5.60. The second-order valence-corrected chi connectivity index (χ2v) is 3.13. The van der Waals surface area contributed by atoms with Gasteiger partial charge in [-0.25, -0.2) is 0 Å². The average Bonchev–Trinajstić information content (AvgIpc) is 2.40. The molecule has 0 aromatic rings. The molecule has 1 heterocycles. The molecule has 1 saturated heterocycles. The zero-order valence-electron chi connectivity index (χ0n) is 6.27. The zero-order chi connectivity index (χ0) is 7.40. The summed E-state index contributed by atoms with van der Waals surface area (Å²) in [4.78, 5) is 2.41. The number of likely N-dealkylation sites (tertiary alicyclic amines) is 1. The first-order chi connectivity index (χ1) is 4.83. The van der Waals surface area contributed by atoms with E-state index in [4.69, 9.17) is 11.6 Å². The highest BCUT2D eigenvalue weighted by Crippen LogP contribution is 2.09. The van der Waals surface area contributed by atoms with Gasteiger partial charge in [-0.15, -0.1) is 11.6 Å². The third-order valence-electron chi connectivity index (χ3n) is 1.83. The molecule has 0 spiro atoms. The van der Waals surface area contributed by atoms with Gasteiger partial charge >= 0.3 is 0 Å². The van der Waals surface area contributed by atoms with Crippen molar-refractivity contribution in [3.8, 4) is 0 Å². The molecule has 1 aliphatic heterocycles. The van der Waals surface area contributed by atoms with E-state index in [0.717, 1.165) is 12.1 Å². The van der Waals surface area contributed by atoms with Crippen LogP contribution in [0.3, 0.4) is 0 Å². The van der Waals surface area contributed by atoms with E-state index < -0.39 is 0 Å². The van der Waals surface area contributed by atoms with Crippen molar-refractivity contribution >= 4 is 11.6 Å². The Bertz CT molecular complexity index is 116. The van der Waals surface area contributed by atoms with Crippen molar-refractivity contribution < 1.29 is 0 Å². The largest absolute Gasteiger partial charge is 0.299 e. The van der Waals surface area contributed by atoms with E-state index in [2.05, 4.69) is 11.5 Å². The molecular weight excluding hydrogens is 146 g/mol. The molecule has 1 rings (SSSR count). The normalized spacial score (nSPS) is 19.7. The lowest BCUT2D eigenvalue weighted by atomic mass is 10.3. The SMILES string of the molecule is C=C(CCl)CN1CCCC1. The van der Waals surface area contributed by atoms with Gasteiger partial charge < -0.3 is 0 Å². The fourth-order valence-electron chi connectivity index (χ4n) is 1.30. The Morgan fingerprint density at radius 2 is 2.00 bits per heavy atom. The molecule has 1 nitrogen and oxygen atoms in total. The van der Waals surface area contributed by atoms with Crippen LogP contribution in [0, 0.1) is 0 Å². The Hall–Kier alpha value is -0.0100. The molecule has 1 fully saturated rings. The standard InChI is InChI=1S/C8H14ClN/c1-8(6-9)7-10-4-2-3-5-10/h1-7H2. The first kappa shape index (κ1) is 8.09. The predicted octanol–water partition coefficient (Wildman–Crippen LogP) is 1.88. The molecule has 0 radical (unpaired) electrons. The fourth-order valence-corrected chi connectivity index (χ4v) is 1.38. The number of alkyl halides is 1. The first-order valence-electron chi connectivity index (χ1n) is 3.78. The van der Waals surface area contributed by atoms with Crippen molar-refractivity contribution in [1.29, 1.82) is 0 Å². The quantitative estimate of drug-likeness (QED) is 0.449. The molecule has 10 heavy (non-hydrogen) atoms. The second-order valence-electron chi connectivity index (χ2n) is 2.87. The number of halogens is 1. The summed E-state index contributed by atoms with van der Waals surface area (Å²) in [6, 6.07) is 0. The van der Waals surface area contributed by atoms with Crippen LogP contribution in [0.15, 0.2) is 12.2 Å². The minimum Gasteiger partial charge on any atom is -0.299 e. The first-order valence-corrected chi connectivity index (χ1v) is 4.31. The zero-order valence-corrected chi connectivity index (χ0v) is 7.03. The summed E-state index contributed by atoms with van der Waals surface area (Å²) in [5.74, 6) is 0.608. The highest BCUT2D eigenvalue weighted by atomic mass is 35.5. The molecule has 0 saturated carbocycles. The van der Waals surface area contributed by atoms with E-state index in [9.17, 15) is 0 Å². The highest BCUT2D eigenvalue weighted by molar-refractivity contribution is 6.19. The molecule has 0 aromatic carbocycles. The summed E-state index contributed by atoms with van der Waals surface area (Å²) in [7, 11) is 0. The van der Waals surface area contributed by atoms with Crippen molar-refractivity contribution in [3.05, 3.63) is 12.2 Å². The molecule has 0 unspecified atom stereocenters. The van der Waals surface area contributed by atoms with Crippen molar-refractivity contribution in [1.82, 2.24) is 4.90 Å². The minimum absolute atomic E-state index is 0.608. The topological polar surface area (TPSA) is 3.24 Å². The molecular formula is C8H14ClN. The second kappa shape index (κ2) is 3.99. The van der Waals surface area contributed by atoms with Crippen molar-refractivity contribution in [2.45, 2.75) is 12.8 Å². The molecule has 58 valence electrons. The molecule has 0 amide bonds. The van der Waals surface area contributed by atoms with Gasteiger partial charge in [-0.05, 0) is 31.5 Å². The van der Waals surface area contributed by atoms with Crippen LogP contribution in [0.4, 0.5) is 0 Å². The van der Waals surface area contributed by atoms with Crippen LogP contribution in [0.5, 0.6) is 0 Å². The minimum atomic E-state index is 0.608. The molecule has 2 heteroatoms. The van der Waals surface area contributed by atoms with Gasteiger partial charge in [0.1, 0.15) is 0 Å². The molecule has 0 aromatic heterocycles. The smallest absolute Gasteiger partial charge is 0.0443 e. The summed E-state index contributed by atoms with van der Waals surface area (Å²) in [6.07, 6.45) is 2.69. The van der Waals surface area contributed by atoms with Crippen LogP contribution in [0.1, 0.15) is 12.8 Å². The summed E-state index contributed by atoms with van der Waals surface area (Å²) < 4.78 is 0. The van der Waals surface area contributed by atoms with Crippen molar-refractivity contribution in [2.75, 3.05) is 25.5 Å². The summed E-state index contributed by atoms with van der Waals surface area (Å²) >= 11 is 5.60. The van der Waals surface area contributed by atoms with Crippen LogP contribution in [0.25, 0.3) is 0 Å². The van der Waals surface area contributed by atoms with Gasteiger partial charge in [0.05, 0.1) is 0 Å². The number of nitrogens with zero attached hydrogens (tertiary/aromatic N) is 1. The van der Waals surface area contributed by atoms with Crippen LogP contribution in [0.2, 0.25) is 0 Å². The Balaban J connectivity index is 2.17. The van der Waals surface area contributed by atoms with Gasteiger partial charge in [0.25, 0.3) is 0 Å². The van der Waals surface area contributed by atoms with Crippen LogP contribution >= 0.6 is 11.6 Å². The molecule has 0 N–H and O–H groups in total. The molecule has 0 bridgehead atoms. The lowest BCUT2D eigenvalue weighted by molar-refractivity contribution is 0.369. The van der Waals surface area contributed by atoms with E-state index in [1.165, 1.54) is 25.9 Å². The molecule has 0 atom stereocenters. The Kier molecular flexibility index (Phi) is 3.23. The maximum Gasteiger partial charge on any atom is 0.0443 e. The third kappa shape index (κ3) is 2.31. The Labute approximate surface area is 67.7 Å². The summed E-state index contributed by atoms with van der Waals surface area (Å²) in [6.45, 7) is 7.33. The Morgan fingerprint density at radius 3 is 2.50 bits per heavy atom. The van der Waals surface area contributed by atoms with Crippen LogP contribution in [-0.2, 0) is 0 Å². The maximum atomic E-state index is 5.60. The molecule has 1 aliphatic rings. The monoisotopic (exact) mass is 159 g/mol. The van der Waals surface area contributed by atoms with E-state index in [1.54, 1.807) is 0 Å². The van der Waals surface area contributed by atoms with Gasteiger partial charge in [-0.1, -0.05) is 6.58 Å². The fraction of sp³-hybridized carbons (Fsp3) is 0.750. The van der Waals surface area contributed by atoms with Gasteiger partial charge in [0.2, 0.25) is 0 Å². The van der Waals surface area contributed by atoms with Gasteiger partial charge in [0, 0.05) is 12.4 Å². The lowest BCUT2D eigenvalue weighted by Crippen LogP contribution is -2.21. The number of rotatable bonds is 3. The van der Waals surface area contributed by atoms with E-state index in [1.807, 2.05) is 0 Å². The van der Waals surface area contributed by atoms with E-state index in [0.29, 0.717) is 5.88 Å². The van der Waals surface area contributed by atoms with E-state index in [-0.39, 0.29) is 0 Å². The van der Waals surface area contributed by atoms with Crippen LogP contribution in [-0.4, -0.2) is 30.4 Å².